The van der Waals surface area contributed by atoms with Crippen molar-refractivity contribution in [1.82, 2.24) is 15.1 Å². The van der Waals surface area contributed by atoms with Gasteiger partial charge in [-0.05, 0) is 66.6 Å². The minimum absolute atomic E-state index is 0. The highest BCUT2D eigenvalue weighted by molar-refractivity contribution is 7.07. The number of carbonyl (C=O) groups excluding carboxylic acids is 1. The van der Waals surface area contributed by atoms with E-state index in [1.165, 1.54) is 37.9 Å². The number of carbonyl (C=O) groups is 1. The second-order valence-electron chi connectivity index (χ2n) is 7.42. The summed E-state index contributed by atoms with van der Waals surface area (Å²) in [6.07, 6.45) is 5.79. The van der Waals surface area contributed by atoms with Crippen molar-refractivity contribution >= 4 is 29.7 Å². The van der Waals surface area contributed by atoms with E-state index in [-0.39, 0.29) is 12.4 Å². The normalized spacial score (nSPS) is 25.3. The van der Waals surface area contributed by atoms with Gasteiger partial charge in [0.25, 0.3) is 0 Å². The zero-order valence-corrected chi connectivity index (χ0v) is 15.8. The molecule has 3 heterocycles. The standard InChI is InChI=1S/C18H27N3OS.ClH/c22-17-2-1-8-20(17)9-10-21(13-15-3-11-23-14-15)16-12-18(16)4-6-19-7-5-18;/h3,11,14,16,19H,1-2,4-10,12-13H2;1H. The van der Waals surface area contributed by atoms with Crippen LogP contribution >= 0.6 is 23.7 Å². The van der Waals surface area contributed by atoms with E-state index in [0.717, 1.165) is 45.1 Å². The maximum Gasteiger partial charge on any atom is 0.222 e. The van der Waals surface area contributed by atoms with Gasteiger partial charge in [-0.15, -0.1) is 12.4 Å². The number of likely N-dealkylation sites (tertiary alicyclic amines) is 1. The van der Waals surface area contributed by atoms with Gasteiger partial charge in [0, 0.05) is 38.6 Å². The minimum Gasteiger partial charge on any atom is -0.341 e. The molecule has 0 aromatic carbocycles. The van der Waals surface area contributed by atoms with Gasteiger partial charge in [-0.1, -0.05) is 0 Å². The second-order valence-corrected chi connectivity index (χ2v) is 8.20. The summed E-state index contributed by atoms with van der Waals surface area (Å²) >= 11 is 1.78. The smallest absolute Gasteiger partial charge is 0.222 e. The Balaban J connectivity index is 0.00000169. The molecule has 1 unspecified atom stereocenters. The number of hydrogen-bond acceptors (Lipinski definition) is 4. The lowest BCUT2D eigenvalue weighted by atomic mass is 9.93. The molecule has 6 heteroatoms. The van der Waals surface area contributed by atoms with Crippen LogP contribution in [-0.2, 0) is 11.3 Å². The number of rotatable bonds is 6. The Morgan fingerprint density at radius 3 is 2.88 bits per heavy atom. The number of nitrogens with zero attached hydrogens (tertiary/aromatic N) is 2. The maximum absolute atomic E-state index is 11.9. The summed E-state index contributed by atoms with van der Waals surface area (Å²) in [5.41, 5.74) is 2.00. The fourth-order valence-electron chi connectivity index (χ4n) is 4.46. The Morgan fingerprint density at radius 2 is 2.21 bits per heavy atom. The Bertz CT molecular complexity index is 544. The molecule has 1 aromatic rings. The van der Waals surface area contributed by atoms with Crippen molar-refractivity contribution in [3.63, 3.8) is 0 Å². The highest BCUT2D eigenvalue weighted by atomic mass is 35.5. The Kier molecular flexibility index (Phi) is 5.85. The van der Waals surface area contributed by atoms with E-state index >= 15 is 0 Å². The molecule has 1 N–H and O–H groups in total. The second kappa shape index (κ2) is 7.73. The SMILES string of the molecule is Cl.O=C1CCCN1CCN(Cc1ccsc1)C1CC12CCNCC2. The number of halogens is 1. The third-order valence-electron chi connectivity index (χ3n) is 5.98. The summed E-state index contributed by atoms with van der Waals surface area (Å²) in [4.78, 5) is 16.6. The first-order chi connectivity index (χ1) is 11.3. The molecule has 1 atom stereocenters. The molecule has 2 aliphatic heterocycles. The molecule has 1 saturated carbocycles. The molecule has 1 aromatic heterocycles. The third kappa shape index (κ3) is 3.79. The Morgan fingerprint density at radius 1 is 1.38 bits per heavy atom. The van der Waals surface area contributed by atoms with Gasteiger partial charge in [0.2, 0.25) is 5.91 Å². The van der Waals surface area contributed by atoms with Gasteiger partial charge in [0.05, 0.1) is 0 Å². The molecule has 1 spiro atoms. The third-order valence-corrected chi connectivity index (χ3v) is 6.71. The topological polar surface area (TPSA) is 35.6 Å². The van der Waals surface area contributed by atoms with E-state index in [0.29, 0.717) is 11.3 Å². The lowest BCUT2D eigenvalue weighted by molar-refractivity contribution is -0.127. The molecule has 134 valence electrons. The van der Waals surface area contributed by atoms with Crippen LogP contribution in [0.1, 0.15) is 37.7 Å². The largest absolute Gasteiger partial charge is 0.341 e. The molecule has 0 radical (unpaired) electrons. The van der Waals surface area contributed by atoms with Crippen LogP contribution < -0.4 is 5.32 Å². The fourth-order valence-corrected chi connectivity index (χ4v) is 5.12. The van der Waals surface area contributed by atoms with Gasteiger partial charge in [-0.25, -0.2) is 0 Å². The summed E-state index contributed by atoms with van der Waals surface area (Å²) in [5.74, 6) is 0.354. The maximum atomic E-state index is 11.9. The predicted molar refractivity (Wildman–Crippen MR) is 101 cm³/mol. The average molecular weight is 370 g/mol. The molecule has 3 fully saturated rings. The molecule has 3 aliphatic rings. The number of hydrogen-bond donors (Lipinski definition) is 1. The molecular weight excluding hydrogens is 342 g/mol. The molecule has 2 saturated heterocycles. The van der Waals surface area contributed by atoms with Gasteiger partial charge in [-0.2, -0.15) is 11.3 Å². The van der Waals surface area contributed by atoms with Crippen molar-refractivity contribution in [2.24, 2.45) is 5.41 Å². The van der Waals surface area contributed by atoms with Crippen LogP contribution in [0.5, 0.6) is 0 Å². The first-order valence-electron chi connectivity index (χ1n) is 9.00. The lowest BCUT2D eigenvalue weighted by Gasteiger charge is -2.30. The summed E-state index contributed by atoms with van der Waals surface area (Å²) in [6, 6.07) is 2.97. The van der Waals surface area contributed by atoms with Crippen LogP contribution in [0.3, 0.4) is 0 Å². The molecule has 24 heavy (non-hydrogen) atoms. The first kappa shape index (κ1) is 18.2. The predicted octanol–water partition coefficient (Wildman–Crippen LogP) is 2.74. The van der Waals surface area contributed by atoms with E-state index < -0.39 is 0 Å². The lowest BCUT2D eigenvalue weighted by Crippen LogP contribution is -2.40. The molecule has 4 nitrogen and oxygen atoms in total. The van der Waals surface area contributed by atoms with Crippen LogP contribution in [0.25, 0.3) is 0 Å². The van der Waals surface area contributed by atoms with Crippen LogP contribution in [-0.4, -0.2) is 54.5 Å². The van der Waals surface area contributed by atoms with Crippen LogP contribution in [0.2, 0.25) is 0 Å². The highest BCUT2D eigenvalue weighted by Gasteiger charge is 2.56. The molecular formula is C18H28ClN3OS. The number of piperidine rings is 1. The van der Waals surface area contributed by atoms with Crippen LogP contribution in [0.15, 0.2) is 16.8 Å². The van der Waals surface area contributed by atoms with Crippen molar-refractivity contribution in [2.45, 2.75) is 44.7 Å². The zero-order valence-electron chi connectivity index (χ0n) is 14.2. The minimum atomic E-state index is 0. The van der Waals surface area contributed by atoms with E-state index in [1.807, 2.05) is 0 Å². The van der Waals surface area contributed by atoms with Gasteiger partial charge in [0.1, 0.15) is 0 Å². The van der Waals surface area contributed by atoms with Gasteiger partial charge < -0.3 is 10.2 Å². The van der Waals surface area contributed by atoms with Crippen molar-refractivity contribution < 1.29 is 4.79 Å². The average Bonchev–Trinajstić information content (AvgIpc) is 2.95. The Labute approximate surface area is 155 Å². The summed E-state index contributed by atoms with van der Waals surface area (Å²) in [7, 11) is 0. The molecule has 4 rings (SSSR count). The van der Waals surface area contributed by atoms with Crippen LogP contribution in [0, 0.1) is 5.41 Å². The van der Waals surface area contributed by atoms with E-state index in [1.54, 1.807) is 11.3 Å². The number of thiophene rings is 1. The van der Waals surface area contributed by atoms with Crippen molar-refractivity contribution in [1.29, 1.82) is 0 Å². The van der Waals surface area contributed by atoms with Crippen LogP contribution in [0.4, 0.5) is 0 Å². The zero-order chi connectivity index (χ0) is 15.7. The van der Waals surface area contributed by atoms with Crippen molar-refractivity contribution in [2.75, 3.05) is 32.7 Å². The monoisotopic (exact) mass is 369 g/mol. The van der Waals surface area contributed by atoms with Gasteiger partial charge >= 0.3 is 0 Å². The number of nitrogens with one attached hydrogen (secondary N) is 1. The van der Waals surface area contributed by atoms with E-state index in [9.17, 15) is 4.79 Å². The quantitative estimate of drug-likeness (QED) is 0.837. The summed E-state index contributed by atoms with van der Waals surface area (Å²) < 4.78 is 0. The fraction of sp³-hybridized carbons (Fsp3) is 0.722. The van der Waals surface area contributed by atoms with E-state index in [2.05, 4.69) is 31.9 Å². The first-order valence-corrected chi connectivity index (χ1v) is 9.95. The molecule has 1 amide bonds. The summed E-state index contributed by atoms with van der Waals surface area (Å²) in [5, 5.41) is 7.94. The highest BCUT2D eigenvalue weighted by Crippen LogP contribution is 2.56. The van der Waals surface area contributed by atoms with E-state index in [4.69, 9.17) is 0 Å². The summed E-state index contributed by atoms with van der Waals surface area (Å²) in [6.45, 7) is 6.30. The van der Waals surface area contributed by atoms with Crippen molar-refractivity contribution in [3.8, 4) is 0 Å². The Hall–Kier alpha value is -0.620. The number of amides is 1. The molecule has 0 bridgehead atoms. The van der Waals surface area contributed by atoms with Gasteiger partial charge in [0.15, 0.2) is 0 Å². The van der Waals surface area contributed by atoms with Crippen molar-refractivity contribution in [3.05, 3.63) is 22.4 Å². The molecule has 1 aliphatic carbocycles. The van der Waals surface area contributed by atoms with Gasteiger partial charge in [-0.3, -0.25) is 9.69 Å².